The Kier molecular flexibility index (Phi) is 11.1. The molecule has 0 heterocycles. The lowest BCUT2D eigenvalue weighted by molar-refractivity contribution is -0.143. The first-order chi connectivity index (χ1) is 14.6. The number of rotatable bonds is 13. The Balaban J connectivity index is 2.85. The third kappa shape index (κ3) is 9.96. The summed E-state index contributed by atoms with van der Waals surface area (Å²) in [6, 6.07) is 5.19. The van der Waals surface area contributed by atoms with Crippen LogP contribution in [0.4, 0.5) is 0 Å². The Morgan fingerprint density at radius 2 is 1.61 bits per heavy atom. The number of carbonyl (C=O) groups is 5. The van der Waals surface area contributed by atoms with Crippen molar-refractivity contribution in [1.82, 2.24) is 16.0 Å². The molecule has 0 fully saturated rings. The zero-order valence-electron chi connectivity index (χ0n) is 16.6. The van der Waals surface area contributed by atoms with Crippen LogP contribution in [0.2, 0.25) is 0 Å². The minimum atomic E-state index is -1.44. The molecule has 0 aliphatic heterocycles. The second kappa shape index (κ2) is 13.2. The number of aliphatic carboxylic acids is 2. The highest BCUT2D eigenvalue weighted by Gasteiger charge is 2.27. The molecular weight excluding hydrogens is 428 g/mol. The molecule has 1 rings (SSSR count). The van der Waals surface area contributed by atoms with Crippen LogP contribution in [0.15, 0.2) is 30.3 Å². The number of carboxylic acid groups (broad SMARTS) is 2. The molecule has 3 atom stereocenters. The average Bonchev–Trinajstić information content (AvgIpc) is 2.73. The zero-order valence-corrected chi connectivity index (χ0v) is 17.5. The smallest absolute Gasteiger partial charge is 0.326 e. The van der Waals surface area contributed by atoms with Crippen LogP contribution in [0.5, 0.6) is 0 Å². The lowest BCUT2D eigenvalue weighted by Crippen LogP contribution is -2.54. The number of nitrogens with one attached hydrogen (secondary N) is 3. The summed E-state index contributed by atoms with van der Waals surface area (Å²) in [6.45, 7) is -0.444. The number of thiol groups is 1. The van der Waals surface area contributed by atoms with E-state index in [4.69, 9.17) is 10.8 Å². The summed E-state index contributed by atoms with van der Waals surface area (Å²) < 4.78 is 0. The minimum absolute atomic E-state index is 0.0494. The molecule has 0 saturated carbocycles. The van der Waals surface area contributed by atoms with Gasteiger partial charge in [-0.2, -0.15) is 12.6 Å². The normalized spacial score (nSPS) is 13.4. The van der Waals surface area contributed by atoms with E-state index in [9.17, 15) is 29.1 Å². The van der Waals surface area contributed by atoms with E-state index in [0.717, 1.165) is 0 Å². The first kappa shape index (κ1) is 25.9. The lowest BCUT2D eigenvalue weighted by Gasteiger charge is -2.22. The van der Waals surface area contributed by atoms with Crippen LogP contribution in [0.25, 0.3) is 0 Å². The van der Waals surface area contributed by atoms with Gasteiger partial charge < -0.3 is 31.9 Å². The molecule has 0 aromatic heterocycles. The molecule has 0 aliphatic carbocycles. The molecule has 12 heteroatoms. The van der Waals surface area contributed by atoms with Gasteiger partial charge in [-0.05, 0) is 12.0 Å². The zero-order chi connectivity index (χ0) is 23.4. The van der Waals surface area contributed by atoms with Gasteiger partial charge in [-0.1, -0.05) is 30.3 Å². The highest BCUT2D eigenvalue weighted by Crippen LogP contribution is 2.05. The molecule has 0 radical (unpaired) electrons. The average molecular weight is 455 g/mol. The Bertz CT molecular complexity index is 791. The number of carboxylic acids is 2. The molecule has 7 N–H and O–H groups in total. The molecular formula is C19H26N4O7S. The largest absolute Gasteiger partial charge is 0.481 e. The van der Waals surface area contributed by atoms with Crippen LogP contribution in [0, 0.1) is 0 Å². The third-order valence-corrected chi connectivity index (χ3v) is 4.55. The Morgan fingerprint density at radius 3 is 2.16 bits per heavy atom. The molecule has 0 spiro atoms. The van der Waals surface area contributed by atoms with Crippen LogP contribution in [-0.4, -0.2) is 70.3 Å². The van der Waals surface area contributed by atoms with Gasteiger partial charge in [0.15, 0.2) is 0 Å². The number of nitrogens with two attached hydrogens (primary N) is 1. The summed E-state index contributed by atoms with van der Waals surface area (Å²) in [7, 11) is 0. The lowest BCUT2D eigenvalue weighted by atomic mass is 10.0. The summed E-state index contributed by atoms with van der Waals surface area (Å²) in [4.78, 5) is 58.7. The molecule has 170 valence electrons. The van der Waals surface area contributed by atoms with Crippen LogP contribution in [0.3, 0.4) is 0 Å². The number of hydrogen-bond acceptors (Lipinski definition) is 7. The maximum Gasteiger partial charge on any atom is 0.326 e. The molecule has 0 bridgehead atoms. The molecule has 0 aliphatic rings. The minimum Gasteiger partial charge on any atom is -0.481 e. The second-order valence-electron chi connectivity index (χ2n) is 6.65. The van der Waals surface area contributed by atoms with Gasteiger partial charge >= 0.3 is 11.9 Å². The van der Waals surface area contributed by atoms with Crippen molar-refractivity contribution in [3.8, 4) is 0 Å². The fraction of sp³-hybridized carbons (Fsp3) is 0.421. The highest BCUT2D eigenvalue weighted by molar-refractivity contribution is 7.80. The first-order valence-electron chi connectivity index (χ1n) is 9.36. The van der Waals surface area contributed by atoms with E-state index >= 15 is 0 Å². The van der Waals surface area contributed by atoms with Gasteiger partial charge in [0.2, 0.25) is 17.7 Å². The molecule has 11 nitrogen and oxygen atoms in total. The predicted octanol–water partition coefficient (Wildman–Crippen LogP) is -1.48. The summed E-state index contributed by atoms with van der Waals surface area (Å²) in [5.41, 5.74) is 6.20. The van der Waals surface area contributed by atoms with E-state index in [1.807, 2.05) is 0 Å². The van der Waals surface area contributed by atoms with Crippen LogP contribution < -0.4 is 21.7 Å². The van der Waals surface area contributed by atoms with Crippen LogP contribution in [-0.2, 0) is 30.4 Å². The standard InChI is InChI=1S/C19H26N4O7S/c20-12(10-31)17(27)21-9-15(24)22-14(8-11-4-2-1-3-5-11)18(28)23-13(19(29)30)6-7-16(25)26/h1-5,12-14,31H,6-10,20H2,(H,21,27)(H,22,24)(H,23,28)(H,25,26)(H,29,30). The summed E-state index contributed by atoms with van der Waals surface area (Å²) in [5.74, 6) is -4.59. The van der Waals surface area contributed by atoms with Gasteiger partial charge in [-0.25, -0.2) is 4.79 Å². The monoisotopic (exact) mass is 454 g/mol. The van der Waals surface area contributed by atoms with Crippen LogP contribution in [0.1, 0.15) is 18.4 Å². The van der Waals surface area contributed by atoms with Gasteiger partial charge in [0.1, 0.15) is 12.1 Å². The molecule has 0 saturated heterocycles. The summed E-state index contributed by atoms with van der Waals surface area (Å²) in [5, 5.41) is 25.0. The van der Waals surface area contributed by atoms with Gasteiger partial charge in [0.05, 0.1) is 12.6 Å². The highest BCUT2D eigenvalue weighted by atomic mass is 32.1. The van der Waals surface area contributed by atoms with E-state index in [-0.39, 0.29) is 18.6 Å². The van der Waals surface area contributed by atoms with Crippen molar-refractivity contribution in [3.05, 3.63) is 35.9 Å². The van der Waals surface area contributed by atoms with Gasteiger partial charge in [-0.3, -0.25) is 19.2 Å². The summed E-state index contributed by atoms with van der Waals surface area (Å²) in [6.07, 6.45) is -0.724. The summed E-state index contributed by atoms with van der Waals surface area (Å²) >= 11 is 3.89. The topological polar surface area (TPSA) is 188 Å². The fourth-order valence-electron chi connectivity index (χ4n) is 2.48. The molecule has 3 unspecified atom stereocenters. The van der Waals surface area contributed by atoms with Gasteiger partial charge in [0.25, 0.3) is 0 Å². The fourth-order valence-corrected chi connectivity index (χ4v) is 2.65. The Labute approximate surface area is 184 Å². The molecule has 31 heavy (non-hydrogen) atoms. The van der Waals surface area contributed by atoms with Gasteiger partial charge in [-0.15, -0.1) is 0 Å². The van der Waals surface area contributed by atoms with E-state index in [1.54, 1.807) is 30.3 Å². The predicted molar refractivity (Wildman–Crippen MR) is 113 cm³/mol. The van der Waals surface area contributed by atoms with Crippen molar-refractivity contribution < 1.29 is 34.2 Å². The van der Waals surface area contributed by atoms with Crippen molar-refractivity contribution in [2.75, 3.05) is 12.3 Å². The number of hydrogen-bond donors (Lipinski definition) is 7. The van der Waals surface area contributed by atoms with Crippen molar-refractivity contribution >= 4 is 42.3 Å². The van der Waals surface area contributed by atoms with E-state index in [1.165, 1.54) is 0 Å². The van der Waals surface area contributed by atoms with Gasteiger partial charge in [0, 0.05) is 18.6 Å². The second-order valence-corrected chi connectivity index (χ2v) is 7.01. The maximum atomic E-state index is 12.7. The molecule has 1 aromatic carbocycles. The van der Waals surface area contributed by atoms with E-state index < -0.39 is 60.8 Å². The Morgan fingerprint density at radius 1 is 0.968 bits per heavy atom. The Hall–Kier alpha value is -3.12. The van der Waals surface area contributed by atoms with E-state index in [0.29, 0.717) is 5.56 Å². The quantitative estimate of drug-likeness (QED) is 0.176. The number of amides is 3. The van der Waals surface area contributed by atoms with E-state index in [2.05, 4.69) is 28.6 Å². The van der Waals surface area contributed by atoms with Crippen molar-refractivity contribution in [1.29, 1.82) is 0 Å². The third-order valence-electron chi connectivity index (χ3n) is 4.15. The van der Waals surface area contributed by atoms with Crippen molar-refractivity contribution in [2.24, 2.45) is 5.73 Å². The van der Waals surface area contributed by atoms with Crippen molar-refractivity contribution in [3.63, 3.8) is 0 Å². The molecule has 1 aromatic rings. The first-order valence-corrected chi connectivity index (χ1v) is 9.99. The SMILES string of the molecule is NC(CS)C(=O)NCC(=O)NC(Cc1ccccc1)C(=O)NC(CCC(=O)O)C(=O)O. The number of benzene rings is 1. The van der Waals surface area contributed by atoms with Crippen LogP contribution >= 0.6 is 12.6 Å². The number of carbonyl (C=O) groups excluding carboxylic acids is 3. The van der Waals surface area contributed by atoms with Crippen molar-refractivity contribution in [2.45, 2.75) is 37.4 Å². The maximum absolute atomic E-state index is 12.7. The molecule has 3 amide bonds.